The average Bonchev–Trinajstić information content (AvgIpc) is 2.47. The van der Waals surface area contributed by atoms with E-state index in [1.165, 1.54) is 12.1 Å². The first-order chi connectivity index (χ1) is 9.65. The maximum absolute atomic E-state index is 14.2. The Morgan fingerprint density at radius 2 is 2.00 bits per heavy atom. The van der Waals surface area contributed by atoms with Crippen LogP contribution in [0.25, 0.3) is 0 Å². The van der Waals surface area contributed by atoms with Crippen molar-refractivity contribution in [2.24, 2.45) is 0 Å². The van der Waals surface area contributed by atoms with Crippen molar-refractivity contribution in [1.29, 1.82) is 0 Å². The monoisotopic (exact) mass is 304 g/mol. The lowest BCUT2D eigenvalue weighted by atomic mass is 9.98. The zero-order valence-corrected chi connectivity index (χ0v) is 12.0. The van der Waals surface area contributed by atoms with Gasteiger partial charge in [-0.05, 0) is 25.0 Å². The lowest BCUT2D eigenvalue weighted by molar-refractivity contribution is 0.148. The Balaban J connectivity index is 2.32. The molecule has 1 heterocycles. The first-order valence-electron chi connectivity index (χ1n) is 6.84. The maximum atomic E-state index is 14.2. The minimum atomic E-state index is -0.687. The van der Waals surface area contributed by atoms with Crippen molar-refractivity contribution >= 4 is 11.6 Å². The Kier molecular flexibility index (Phi) is 5.72. The molecular formula is C14H19ClF2N2O. The van der Waals surface area contributed by atoms with Gasteiger partial charge in [-0.1, -0.05) is 11.6 Å². The summed E-state index contributed by atoms with van der Waals surface area (Å²) in [5.74, 6) is -1.26. The number of hydrogen-bond acceptors (Lipinski definition) is 3. The molecule has 1 aliphatic heterocycles. The maximum Gasteiger partial charge on any atom is 0.149 e. The third-order valence-corrected chi connectivity index (χ3v) is 3.93. The molecule has 6 heteroatoms. The lowest BCUT2D eigenvalue weighted by Gasteiger charge is -2.35. The Labute approximate surface area is 122 Å². The molecule has 2 rings (SSSR count). The number of benzene rings is 1. The zero-order valence-electron chi connectivity index (χ0n) is 11.2. The van der Waals surface area contributed by atoms with Crippen LogP contribution < -0.4 is 5.32 Å². The number of hydrogen-bond donors (Lipinski definition) is 2. The first kappa shape index (κ1) is 15.6. The minimum absolute atomic E-state index is 0.00634. The molecule has 1 fully saturated rings. The van der Waals surface area contributed by atoms with Crippen molar-refractivity contribution in [3.05, 3.63) is 34.4 Å². The summed E-state index contributed by atoms with van der Waals surface area (Å²) in [5.41, 5.74) is 0.0212. The van der Waals surface area contributed by atoms with E-state index in [1.807, 2.05) is 4.90 Å². The van der Waals surface area contributed by atoms with Crippen molar-refractivity contribution in [3.8, 4) is 0 Å². The third kappa shape index (κ3) is 3.47. The largest absolute Gasteiger partial charge is 0.396 e. The number of rotatable bonds is 5. The topological polar surface area (TPSA) is 35.5 Å². The fraction of sp³-hybridized carbons (Fsp3) is 0.571. The molecule has 2 N–H and O–H groups in total. The smallest absolute Gasteiger partial charge is 0.149 e. The third-order valence-electron chi connectivity index (χ3n) is 3.64. The number of aliphatic hydroxyl groups excluding tert-OH is 1. The molecule has 0 saturated carbocycles. The van der Waals surface area contributed by atoms with Gasteiger partial charge in [0.1, 0.15) is 11.6 Å². The second-order valence-corrected chi connectivity index (χ2v) is 5.33. The summed E-state index contributed by atoms with van der Waals surface area (Å²) in [4.78, 5) is 2.05. The van der Waals surface area contributed by atoms with E-state index < -0.39 is 11.6 Å². The molecule has 1 saturated heterocycles. The molecule has 0 aliphatic carbocycles. The quantitative estimate of drug-likeness (QED) is 0.820. The molecule has 1 aromatic carbocycles. The molecule has 0 amide bonds. The molecule has 0 aromatic heterocycles. The second kappa shape index (κ2) is 7.31. The minimum Gasteiger partial charge on any atom is -0.396 e. The molecule has 20 heavy (non-hydrogen) atoms. The van der Waals surface area contributed by atoms with Gasteiger partial charge in [-0.2, -0.15) is 0 Å². The summed E-state index contributed by atoms with van der Waals surface area (Å²) in [7, 11) is 0. The van der Waals surface area contributed by atoms with E-state index in [0.29, 0.717) is 12.8 Å². The molecule has 1 aromatic rings. The summed E-state index contributed by atoms with van der Waals surface area (Å²) < 4.78 is 28.3. The van der Waals surface area contributed by atoms with E-state index in [1.54, 1.807) is 0 Å². The zero-order chi connectivity index (χ0) is 14.5. The highest BCUT2D eigenvalue weighted by atomic mass is 35.5. The molecule has 0 spiro atoms. The van der Waals surface area contributed by atoms with Gasteiger partial charge in [0.15, 0.2) is 0 Å². The number of aliphatic hydroxyl groups is 1. The molecule has 0 radical (unpaired) electrons. The fourth-order valence-corrected chi connectivity index (χ4v) is 2.80. The average molecular weight is 305 g/mol. The van der Waals surface area contributed by atoms with Crippen LogP contribution in [0.2, 0.25) is 5.02 Å². The van der Waals surface area contributed by atoms with Crippen molar-refractivity contribution < 1.29 is 13.9 Å². The van der Waals surface area contributed by atoms with Crippen molar-refractivity contribution in [1.82, 2.24) is 10.2 Å². The molecule has 0 unspecified atom stereocenters. The van der Waals surface area contributed by atoms with Gasteiger partial charge in [0.25, 0.3) is 0 Å². The highest BCUT2D eigenvalue weighted by molar-refractivity contribution is 6.30. The summed E-state index contributed by atoms with van der Waals surface area (Å²) in [6.07, 6.45) is 1.00. The van der Waals surface area contributed by atoms with E-state index in [9.17, 15) is 8.78 Å². The number of piperazine rings is 1. The molecule has 112 valence electrons. The van der Waals surface area contributed by atoms with Crippen LogP contribution in [-0.2, 0) is 0 Å². The predicted octanol–water partition coefficient (Wildman–Crippen LogP) is 2.34. The standard InChI is InChI=1S/C14H19ClF2N2O/c15-10-3-4-11(16)13(14(10)17)12(2-1-9-20)19-7-5-18-6-8-19/h3-4,12,18,20H,1-2,5-9H2/t12-/m0/s1. The Hall–Kier alpha value is -0.750. The normalized spacial score (nSPS) is 18.2. The molecule has 0 bridgehead atoms. The summed E-state index contributed by atoms with van der Waals surface area (Å²) in [6, 6.07) is 2.05. The summed E-state index contributed by atoms with van der Waals surface area (Å²) >= 11 is 5.78. The van der Waals surface area contributed by atoms with Crippen molar-refractivity contribution in [2.45, 2.75) is 18.9 Å². The van der Waals surface area contributed by atoms with Crippen molar-refractivity contribution in [2.75, 3.05) is 32.8 Å². The van der Waals surface area contributed by atoms with Gasteiger partial charge >= 0.3 is 0 Å². The van der Waals surface area contributed by atoms with Crippen LogP contribution in [0.3, 0.4) is 0 Å². The van der Waals surface area contributed by atoms with Crippen molar-refractivity contribution in [3.63, 3.8) is 0 Å². The van der Waals surface area contributed by atoms with E-state index in [-0.39, 0.29) is 23.2 Å². The Morgan fingerprint density at radius 1 is 1.30 bits per heavy atom. The van der Waals surface area contributed by atoms with Gasteiger partial charge in [-0.25, -0.2) is 8.78 Å². The van der Waals surface area contributed by atoms with Gasteiger partial charge in [0.2, 0.25) is 0 Å². The second-order valence-electron chi connectivity index (χ2n) is 4.92. The Morgan fingerprint density at radius 3 is 2.65 bits per heavy atom. The van der Waals surface area contributed by atoms with Crippen LogP contribution in [-0.4, -0.2) is 42.8 Å². The predicted molar refractivity (Wildman–Crippen MR) is 74.9 cm³/mol. The molecular weight excluding hydrogens is 286 g/mol. The summed E-state index contributed by atoms with van der Waals surface area (Å²) in [6.45, 7) is 3.04. The number of halogens is 3. The summed E-state index contributed by atoms with van der Waals surface area (Å²) in [5, 5.41) is 12.2. The molecule has 1 aliphatic rings. The molecule has 1 atom stereocenters. The number of nitrogens with one attached hydrogen (secondary N) is 1. The van der Waals surface area contributed by atoms with Crippen LogP contribution in [0.4, 0.5) is 8.78 Å². The van der Waals surface area contributed by atoms with Crippen LogP contribution in [0, 0.1) is 11.6 Å². The van der Waals surface area contributed by atoms with Gasteiger partial charge in [-0.3, -0.25) is 4.90 Å². The van der Waals surface area contributed by atoms with E-state index in [4.69, 9.17) is 16.7 Å². The van der Waals surface area contributed by atoms with E-state index >= 15 is 0 Å². The van der Waals surface area contributed by atoms with Crippen LogP contribution in [0.1, 0.15) is 24.4 Å². The van der Waals surface area contributed by atoms with E-state index in [2.05, 4.69) is 5.32 Å². The van der Waals surface area contributed by atoms with Crippen LogP contribution >= 0.6 is 11.6 Å². The van der Waals surface area contributed by atoms with Crippen LogP contribution in [0.5, 0.6) is 0 Å². The highest BCUT2D eigenvalue weighted by Gasteiger charge is 2.28. The van der Waals surface area contributed by atoms with Gasteiger partial charge in [0, 0.05) is 44.4 Å². The first-order valence-corrected chi connectivity index (χ1v) is 7.22. The number of nitrogens with zero attached hydrogens (tertiary/aromatic N) is 1. The van der Waals surface area contributed by atoms with Gasteiger partial charge in [-0.15, -0.1) is 0 Å². The van der Waals surface area contributed by atoms with Gasteiger partial charge in [0.05, 0.1) is 5.02 Å². The fourth-order valence-electron chi connectivity index (χ4n) is 2.64. The lowest BCUT2D eigenvalue weighted by Crippen LogP contribution is -2.45. The molecule has 3 nitrogen and oxygen atoms in total. The van der Waals surface area contributed by atoms with Gasteiger partial charge < -0.3 is 10.4 Å². The Bertz CT molecular complexity index is 453. The SMILES string of the molecule is OCCC[C@@H](c1c(F)ccc(Cl)c1F)N1CCNCC1. The van der Waals surface area contributed by atoms with Crippen LogP contribution in [0.15, 0.2) is 12.1 Å². The highest BCUT2D eigenvalue weighted by Crippen LogP contribution is 2.33. The van der Waals surface area contributed by atoms with E-state index in [0.717, 1.165) is 26.2 Å².